The first-order valence-electron chi connectivity index (χ1n) is 12.2. The Kier molecular flexibility index (Phi) is 5.87. The molecule has 0 spiro atoms. The van der Waals surface area contributed by atoms with Crippen LogP contribution < -0.4 is 14.8 Å². The zero-order valence-electron chi connectivity index (χ0n) is 21.0. The highest BCUT2D eigenvalue weighted by Crippen LogP contribution is 2.42. The van der Waals surface area contributed by atoms with E-state index in [4.69, 9.17) is 19.6 Å². The van der Waals surface area contributed by atoms with Crippen LogP contribution in [0.1, 0.15) is 64.1 Å². The average molecular weight is 473 g/mol. The molecule has 7 heteroatoms. The smallest absolute Gasteiger partial charge is 0.226 e. The van der Waals surface area contributed by atoms with E-state index in [-0.39, 0.29) is 17.2 Å². The molecule has 7 nitrogen and oxygen atoms in total. The molecular formula is C28H32N4O3. The SMILES string of the molecule is CCOc1ccc(C2C3=C(CCCC3=O)Nc3nc(-c4ccc(C(C)(C)C)cc4)nn32)cc1OC. The summed E-state index contributed by atoms with van der Waals surface area (Å²) in [6, 6.07) is 13.8. The second kappa shape index (κ2) is 8.87. The molecule has 0 saturated carbocycles. The van der Waals surface area contributed by atoms with E-state index in [1.807, 2.05) is 29.8 Å². The van der Waals surface area contributed by atoms with Gasteiger partial charge in [-0.1, -0.05) is 51.1 Å². The fourth-order valence-electron chi connectivity index (χ4n) is 4.83. The van der Waals surface area contributed by atoms with Gasteiger partial charge in [0.2, 0.25) is 5.95 Å². The molecule has 0 bridgehead atoms. The minimum absolute atomic E-state index is 0.0715. The van der Waals surface area contributed by atoms with Gasteiger partial charge in [-0.3, -0.25) is 4.79 Å². The van der Waals surface area contributed by atoms with Crippen molar-refractivity contribution in [2.45, 2.75) is 58.4 Å². The summed E-state index contributed by atoms with van der Waals surface area (Å²) in [5.41, 5.74) is 4.88. The van der Waals surface area contributed by atoms with Gasteiger partial charge in [-0.15, -0.1) is 5.10 Å². The van der Waals surface area contributed by atoms with Gasteiger partial charge in [0.25, 0.3) is 0 Å². The number of fused-ring (bicyclic) bond motifs is 1. The minimum Gasteiger partial charge on any atom is -0.493 e. The molecule has 0 fully saturated rings. The molecule has 35 heavy (non-hydrogen) atoms. The van der Waals surface area contributed by atoms with Crippen molar-refractivity contribution in [1.29, 1.82) is 0 Å². The number of anilines is 1. The molecule has 3 aromatic rings. The van der Waals surface area contributed by atoms with Crippen molar-refractivity contribution in [1.82, 2.24) is 14.8 Å². The van der Waals surface area contributed by atoms with Crippen LogP contribution in [-0.4, -0.2) is 34.3 Å². The fourth-order valence-corrected chi connectivity index (χ4v) is 4.83. The Bertz CT molecular complexity index is 1300. The van der Waals surface area contributed by atoms with Gasteiger partial charge in [0, 0.05) is 23.3 Å². The molecule has 1 N–H and O–H groups in total. The zero-order chi connectivity index (χ0) is 24.7. The van der Waals surface area contributed by atoms with E-state index in [0.717, 1.165) is 35.2 Å². The Balaban J connectivity index is 1.61. The van der Waals surface area contributed by atoms with Crippen LogP contribution in [0.2, 0.25) is 0 Å². The number of nitrogens with zero attached hydrogens (tertiary/aromatic N) is 3. The van der Waals surface area contributed by atoms with Gasteiger partial charge in [0.1, 0.15) is 6.04 Å². The third-order valence-corrected chi connectivity index (χ3v) is 6.68. The standard InChI is InChI=1S/C28H32N4O3/c1-6-35-22-15-12-18(16-23(22)34-5)25-24-20(8-7-9-21(24)33)29-27-30-26(31-32(25)27)17-10-13-19(14-11-17)28(2,3)4/h10-16,25H,6-9H2,1-5H3,(H,29,30,31). The van der Waals surface area contributed by atoms with Crippen LogP contribution in [0, 0.1) is 0 Å². The van der Waals surface area contributed by atoms with E-state index in [0.29, 0.717) is 36.3 Å². The van der Waals surface area contributed by atoms with Crippen LogP contribution in [0.5, 0.6) is 11.5 Å². The lowest BCUT2D eigenvalue weighted by Crippen LogP contribution is -2.31. The van der Waals surface area contributed by atoms with Crippen LogP contribution in [-0.2, 0) is 10.2 Å². The molecule has 1 aliphatic carbocycles. The number of nitrogens with one attached hydrogen (secondary N) is 1. The van der Waals surface area contributed by atoms with E-state index < -0.39 is 0 Å². The molecule has 1 atom stereocenters. The lowest BCUT2D eigenvalue weighted by Gasteiger charge is -2.32. The number of aromatic nitrogens is 3. The molecule has 0 radical (unpaired) electrons. The van der Waals surface area contributed by atoms with Crippen LogP contribution in [0.4, 0.5) is 5.95 Å². The number of carbonyl (C=O) groups excluding carboxylic acids is 1. The number of rotatable bonds is 5. The third kappa shape index (κ3) is 4.20. The topological polar surface area (TPSA) is 78.3 Å². The predicted molar refractivity (Wildman–Crippen MR) is 136 cm³/mol. The Labute approximate surface area is 206 Å². The highest BCUT2D eigenvalue weighted by molar-refractivity contribution is 5.99. The maximum atomic E-state index is 13.1. The average Bonchev–Trinajstić information content (AvgIpc) is 3.27. The zero-order valence-corrected chi connectivity index (χ0v) is 21.0. The Morgan fingerprint density at radius 3 is 2.54 bits per heavy atom. The second-order valence-electron chi connectivity index (χ2n) is 10.1. The minimum atomic E-state index is -0.381. The molecule has 1 unspecified atom stereocenters. The quantitative estimate of drug-likeness (QED) is 0.515. The highest BCUT2D eigenvalue weighted by Gasteiger charge is 2.37. The van der Waals surface area contributed by atoms with Crippen LogP contribution >= 0.6 is 0 Å². The molecule has 0 amide bonds. The van der Waals surface area contributed by atoms with Crippen LogP contribution in [0.3, 0.4) is 0 Å². The van der Waals surface area contributed by atoms with Crippen LogP contribution in [0.15, 0.2) is 53.7 Å². The predicted octanol–water partition coefficient (Wildman–Crippen LogP) is 5.67. The van der Waals surface area contributed by atoms with Crippen molar-refractivity contribution < 1.29 is 14.3 Å². The van der Waals surface area contributed by atoms with E-state index in [1.165, 1.54) is 5.56 Å². The summed E-state index contributed by atoms with van der Waals surface area (Å²) in [6.45, 7) is 9.07. The van der Waals surface area contributed by atoms with E-state index in [9.17, 15) is 4.79 Å². The summed E-state index contributed by atoms with van der Waals surface area (Å²) in [6.07, 6.45) is 2.18. The summed E-state index contributed by atoms with van der Waals surface area (Å²) in [7, 11) is 1.63. The molecule has 2 aromatic carbocycles. The normalized spacial score (nSPS) is 17.5. The number of ether oxygens (including phenoxy) is 2. The highest BCUT2D eigenvalue weighted by atomic mass is 16.5. The van der Waals surface area contributed by atoms with Crippen molar-refractivity contribution in [2.24, 2.45) is 0 Å². The van der Waals surface area contributed by atoms with Gasteiger partial charge >= 0.3 is 0 Å². The fraction of sp³-hybridized carbons (Fsp3) is 0.393. The van der Waals surface area contributed by atoms with Crippen molar-refractivity contribution >= 4 is 11.7 Å². The molecule has 1 aliphatic heterocycles. The number of methoxy groups -OCH3 is 1. The number of hydrogen-bond acceptors (Lipinski definition) is 6. The molecule has 1 aromatic heterocycles. The Hall–Kier alpha value is -3.61. The number of carbonyl (C=O) groups is 1. The number of allylic oxidation sites excluding steroid dienone is 2. The van der Waals surface area contributed by atoms with Gasteiger partial charge in [-0.2, -0.15) is 4.98 Å². The van der Waals surface area contributed by atoms with Crippen molar-refractivity contribution in [3.05, 3.63) is 64.9 Å². The largest absolute Gasteiger partial charge is 0.493 e. The van der Waals surface area contributed by atoms with E-state index in [2.05, 4.69) is 50.4 Å². The number of ketones is 1. The molecule has 182 valence electrons. The van der Waals surface area contributed by atoms with Gasteiger partial charge in [-0.25, -0.2) is 4.68 Å². The van der Waals surface area contributed by atoms with E-state index >= 15 is 0 Å². The Morgan fingerprint density at radius 2 is 1.86 bits per heavy atom. The number of hydrogen-bond donors (Lipinski definition) is 1. The van der Waals surface area contributed by atoms with E-state index in [1.54, 1.807) is 7.11 Å². The molecule has 5 rings (SSSR count). The Morgan fingerprint density at radius 1 is 1.09 bits per heavy atom. The third-order valence-electron chi connectivity index (χ3n) is 6.68. The molecule has 2 aliphatic rings. The van der Waals surface area contributed by atoms with Crippen molar-refractivity contribution in [3.63, 3.8) is 0 Å². The summed E-state index contributed by atoms with van der Waals surface area (Å²) in [5.74, 6) is 2.73. The first-order valence-corrected chi connectivity index (χ1v) is 12.2. The molecular weight excluding hydrogens is 440 g/mol. The van der Waals surface area contributed by atoms with Gasteiger partial charge in [-0.05, 0) is 48.4 Å². The monoisotopic (exact) mass is 472 g/mol. The first kappa shape index (κ1) is 23.1. The number of Topliss-reactive ketones (excluding diaryl/α,β-unsaturated/α-hetero) is 1. The maximum absolute atomic E-state index is 13.1. The summed E-state index contributed by atoms with van der Waals surface area (Å²) in [4.78, 5) is 18.0. The summed E-state index contributed by atoms with van der Waals surface area (Å²) in [5, 5.41) is 8.30. The lowest BCUT2D eigenvalue weighted by atomic mass is 9.85. The number of benzene rings is 2. The summed E-state index contributed by atoms with van der Waals surface area (Å²) >= 11 is 0. The lowest BCUT2D eigenvalue weighted by molar-refractivity contribution is -0.116. The summed E-state index contributed by atoms with van der Waals surface area (Å²) < 4.78 is 13.2. The molecule has 2 heterocycles. The maximum Gasteiger partial charge on any atom is 0.226 e. The van der Waals surface area contributed by atoms with Gasteiger partial charge < -0.3 is 14.8 Å². The van der Waals surface area contributed by atoms with Gasteiger partial charge in [0.15, 0.2) is 23.1 Å². The van der Waals surface area contributed by atoms with Gasteiger partial charge in [0.05, 0.1) is 13.7 Å². The van der Waals surface area contributed by atoms with Crippen molar-refractivity contribution in [3.8, 4) is 22.9 Å². The van der Waals surface area contributed by atoms with Crippen LogP contribution in [0.25, 0.3) is 11.4 Å². The first-order chi connectivity index (χ1) is 16.8. The second-order valence-corrected chi connectivity index (χ2v) is 10.1. The molecule has 0 saturated heterocycles. The van der Waals surface area contributed by atoms with Crippen molar-refractivity contribution in [2.75, 3.05) is 19.0 Å².